The average Bonchev–Trinajstić information content (AvgIpc) is 2.67. The molecule has 1 atom stereocenters. The molecule has 1 unspecified atom stereocenters. The SMILES string of the molecule is CCc1cc(C(=O)N(C)C(C)CN)n(C)n1. The Morgan fingerprint density at radius 1 is 1.69 bits per heavy atom. The molecule has 1 heterocycles. The highest BCUT2D eigenvalue weighted by Crippen LogP contribution is 2.08. The van der Waals surface area contributed by atoms with Crippen molar-refractivity contribution in [2.75, 3.05) is 13.6 Å². The molecule has 5 heteroatoms. The van der Waals surface area contributed by atoms with Gasteiger partial charge in [0.05, 0.1) is 5.69 Å². The molecule has 2 N–H and O–H groups in total. The van der Waals surface area contributed by atoms with E-state index in [1.54, 1.807) is 23.7 Å². The van der Waals surface area contributed by atoms with Gasteiger partial charge in [-0.05, 0) is 19.4 Å². The standard InChI is InChI=1S/C11H20N4O/c1-5-9-6-10(15(4)13-9)11(16)14(3)8(2)7-12/h6,8H,5,7,12H2,1-4H3. The fraction of sp³-hybridized carbons (Fsp3) is 0.636. The maximum absolute atomic E-state index is 12.1. The van der Waals surface area contributed by atoms with Crippen LogP contribution in [0.25, 0.3) is 0 Å². The number of rotatable bonds is 4. The van der Waals surface area contributed by atoms with Crippen LogP contribution < -0.4 is 5.73 Å². The molecular weight excluding hydrogens is 204 g/mol. The summed E-state index contributed by atoms with van der Waals surface area (Å²) in [6.07, 6.45) is 0.831. The zero-order chi connectivity index (χ0) is 12.3. The quantitative estimate of drug-likeness (QED) is 0.805. The van der Waals surface area contributed by atoms with Gasteiger partial charge in [-0.3, -0.25) is 9.48 Å². The molecule has 0 spiro atoms. The molecule has 5 nitrogen and oxygen atoms in total. The molecule has 0 saturated carbocycles. The number of carbonyl (C=O) groups is 1. The van der Waals surface area contributed by atoms with Crippen molar-refractivity contribution in [1.29, 1.82) is 0 Å². The van der Waals surface area contributed by atoms with E-state index in [4.69, 9.17) is 5.73 Å². The number of amides is 1. The Morgan fingerprint density at radius 3 is 2.75 bits per heavy atom. The van der Waals surface area contributed by atoms with Crippen molar-refractivity contribution in [3.05, 3.63) is 17.5 Å². The number of hydrogen-bond acceptors (Lipinski definition) is 3. The summed E-state index contributed by atoms with van der Waals surface area (Å²) in [7, 11) is 3.55. The van der Waals surface area contributed by atoms with Crippen molar-refractivity contribution in [1.82, 2.24) is 14.7 Å². The first-order chi connectivity index (χ1) is 7.51. The largest absolute Gasteiger partial charge is 0.336 e. The van der Waals surface area contributed by atoms with Gasteiger partial charge in [-0.1, -0.05) is 6.92 Å². The first kappa shape index (κ1) is 12.7. The molecule has 1 aromatic heterocycles. The number of aromatic nitrogens is 2. The molecule has 0 bridgehead atoms. The Morgan fingerprint density at radius 2 is 2.31 bits per heavy atom. The summed E-state index contributed by atoms with van der Waals surface area (Å²) < 4.78 is 1.63. The molecule has 1 rings (SSSR count). The third-order valence-corrected chi connectivity index (χ3v) is 2.83. The van der Waals surface area contributed by atoms with Crippen molar-refractivity contribution in [3.8, 4) is 0 Å². The number of aryl methyl sites for hydroxylation is 2. The van der Waals surface area contributed by atoms with Gasteiger partial charge >= 0.3 is 0 Å². The van der Waals surface area contributed by atoms with E-state index in [0.29, 0.717) is 12.2 Å². The van der Waals surface area contributed by atoms with E-state index in [1.165, 1.54) is 0 Å². The number of nitrogens with two attached hydrogens (primary N) is 1. The van der Waals surface area contributed by atoms with Crippen LogP contribution in [0.3, 0.4) is 0 Å². The van der Waals surface area contributed by atoms with Gasteiger partial charge in [-0.2, -0.15) is 5.10 Å². The molecular formula is C11H20N4O. The summed E-state index contributed by atoms with van der Waals surface area (Å²) in [4.78, 5) is 13.8. The Balaban J connectivity index is 2.91. The van der Waals surface area contributed by atoms with Crippen molar-refractivity contribution >= 4 is 5.91 Å². The Bertz CT molecular complexity index is 372. The van der Waals surface area contributed by atoms with Gasteiger partial charge in [0.15, 0.2) is 0 Å². The summed E-state index contributed by atoms with van der Waals surface area (Å²) in [5.41, 5.74) is 7.08. The molecule has 1 aromatic rings. The van der Waals surface area contributed by atoms with Crippen LogP contribution in [0.15, 0.2) is 6.07 Å². The zero-order valence-corrected chi connectivity index (χ0v) is 10.4. The van der Waals surface area contributed by atoms with Crippen molar-refractivity contribution < 1.29 is 4.79 Å². The Kier molecular flexibility index (Phi) is 4.06. The van der Waals surface area contributed by atoms with Crippen molar-refractivity contribution in [2.24, 2.45) is 12.8 Å². The second-order valence-electron chi connectivity index (χ2n) is 4.00. The van der Waals surface area contributed by atoms with Gasteiger partial charge in [-0.25, -0.2) is 0 Å². The zero-order valence-electron chi connectivity index (χ0n) is 10.4. The minimum atomic E-state index is -0.0346. The van der Waals surface area contributed by atoms with Gasteiger partial charge in [0, 0.05) is 26.7 Å². The summed E-state index contributed by atoms with van der Waals surface area (Å²) in [6, 6.07) is 1.87. The minimum absolute atomic E-state index is 0.0346. The first-order valence-electron chi connectivity index (χ1n) is 5.51. The normalized spacial score (nSPS) is 12.6. The van der Waals surface area contributed by atoms with E-state index in [2.05, 4.69) is 5.10 Å². The van der Waals surface area contributed by atoms with Gasteiger partial charge in [0.2, 0.25) is 0 Å². The van der Waals surface area contributed by atoms with E-state index < -0.39 is 0 Å². The average molecular weight is 224 g/mol. The van der Waals surface area contributed by atoms with Crippen LogP contribution in [0.4, 0.5) is 0 Å². The van der Waals surface area contributed by atoms with Crippen LogP contribution in [-0.4, -0.2) is 40.2 Å². The maximum Gasteiger partial charge on any atom is 0.272 e. The number of carbonyl (C=O) groups excluding carboxylic acids is 1. The highest BCUT2D eigenvalue weighted by atomic mass is 16.2. The fourth-order valence-electron chi connectivity index (χ4n) is 1.44. The van der Waals surface area contributed by atoms with Crippen molar-refractivity contribution in [2.45, 2.75) is 26.3 Å². The van der Waals surface area contributed by atoms with Crippen LogP contribution in [-0.2, 0) is 13.5 Å². The summed E-state index contributed by atoms with van der Waals surface area (Å²) in [6.45, 7) is 4.40. The second-order valence-corrected chi connectivity index (χ2v) is 4.00. The smallest absolute Gasteiger partial charge is 0.272 e. The second kappa shape index (κ2) is 5.12. The lowest BCUT2D eigenvalue weighted by atomic mass is 10.2. The van der Waals surface area contributed by atoms with E-state index in [0.717, 1.165) is 12.1 Å². The molecule has 0 fully saturated rings. The molecule has 0 radical (unpaired) electrons. The number of likely N-dealkylation sites (N-methyl/N-ethyl adjacent to an activating group) is 1. The van der Waals surface area contributed by atoms with Crippen LogP contribution in [0.2, 0.25) is 0 Å². The molecule has 0 aliphatic rings. The molecule has 0 aromatic carbocycles. The Labute approximate surface area is 96.2 Å². The monoisotopic (exact) mass is 224 g/mol. The predicted octanol–water partition coefficient (Wildman–Crippen LogP) is 0.402. The van der Waals surface area contributed by atoms with Crippen LogP contribution >= 0.6 is 0 Å². The maximum atomic E-state index is 12.1. The predicted molar refractivity (Wildman–Crippen MR) is 63.2 cm³/mol. The van der Waals surface area contributed by atoms with Gasteiger partial charge in [0.1, 0.15) is 5.69 Å². The third-order valence-electron chi connectivity index (χ3n) is 2.83. The van der Waals surface area contributed by atoms with E-state index in [9.17, 15) is 4.79 Å². The van der Waals surface area contributed by atoms with Gasteiger partial charge < -0.3 is 10.6 Å². The number of nitrogens with zero attached hydrogens (tertiary/aromatic N) is 3. The minimum Gasteiger partial charge on any atom is -0.336 e. The van der Waals surface area contributed by atoms with Crippen LogP contribution in [0, 0.1) is 0 Å². The first-order valence-corrected chi connectivity index (χ1v) is 5.51. The topological polar surface area (TPSA) is 64.2 Å². The molecule has 0 aliphatic heterocycles. The molecule has 0 aliphatic carbocycles. The lowest BCUT2D eigenvalue weighted by molar-refractivity contribution is 0.0737. The molecule has 90 valence electrons. The summed E-state index contributed by atoms with van der Waals surface area (Å²) >= 11 is 0. The highest BCUT2D eigenvalue weighted by molar-refractivity contribution is 5.92. The molecule has 16 heavy (non-hydrogen) atoms. The molecule has 0 saturated heterocycles. The Hall–Kier alpha value is -1.36. The van der Waals surface area contributed by atoms with E-state index in [1.807, 2.05) is 19.9 Å². The number of hydrogen-bond donors (Lipinski definition) is 1. The van der Waals surface area contributed by atoms with Gasteiger partial charge in [-0.15, -0.1) is 0 Å². The summed E-state index contributed by atoms with van der Waals surface area (Å²) in [5.74, 6) is -0.0346. The fourth-order valence-corrected chi connectivity index (χ4v) is 1.44. The van der Waals surface area contributed by atoms with Crippen molar-refractivity contribution in [3.63, 3.8) is 0 Å². The van der Waals surface area contributed by atoms with E-state index in [-0.39, 0.29) is 11.9 Å². The van der Waals surface area contributed by atoms with Crippen LogP contribution in [0.1, 0.15) is 30.0 Å². The van der Waals surface area contributed by atoms with E-state index >= 15 is 0 Å². The van der Waals surface area contributed by atoms with Gasteiger partial charge in [0.25, 0.3) is 5.91 Å². The molecule has 1 amide bonds. The lowest BCUT2D eigenvalue weighted by Gasteiger charge is -2.23. The third kappa shape index (κ3) is 2.41. The summed E-state index contributed by atoms with van der Waals surface area (Å²) in [5, 5.41) is 4.26. The highest BCUT2D eigenvalue weighted by Gasteiger charge is 2.20. The van der Waals surface area contributed by atoms with Crippen LogP contribution in [0.5, 0.6) is 0 Å². The lowest BCUT2D eigenvalue weighted by Crippen LogP contribution is -2.40.